The molecule has 0 saturated carbocycles. The summed E-state index contributed by atoms with van der Waals surface area (Å²) in [5.74, 6) is 1.72. The molecule has 25 heavy (non-hydrogen) atoms. The first kappa shape index (κ1) is 15.8. The first-order valence-electron chi connectivity index (χ1n) is 9.06. The van der Waals surface area contributed by atoms with Crippen LogP contribution < -0.4 is 10.2 Å². The lowest BCUT2D eigenvalue weighted by atomic mass is 10.2. The van der Waals surface area contributed by atoms with Crippen molar-refractivity contribution < 1.29 is 0 Å². The fourth-order valence-electron chi connectivity index (χ4n) is 3.33. The van der Waals surface area contributed by atoms with Crippen LogP contribution in [0.5, 0.6) is 0 Å². The van der Waals surface area contributed by atoms with Gasteiger partial charge < -0.3 is 10.2 Å². The van der Waals surface area contributed by atoms with Crippen LogP contribution in [0.15, 0.2) is 48.7 Å². The standard InChI is InChI=1S/C20H23N5/c1-2-8-14-25(13-7-1)19-17-10-3-4-11-18(17)23-20(24-19)22-15-16-9-5-6-12-21-16/h3-6,9-12H,1-2,7-8,13-15H2,(H,22,23,24). The molecule has 128 valence electrons. The summed E-state index contributed by atoms with van der Waals surface area (Å²) in [4.78, 5) is 16.3. The summed E-state index contributed by atoms with van der Waals surface area (Å²) < 4.78 is 0. The highest BCUT2D eigenvalue weighted by molar-refractivity contribution is 5.90. The Bertz CT molecular complexity index is 826. The summed E-state index contributed by atoms with van der Waals surface area (Å²) in [6, 6.07) is 14.2. The quantitative estimate of drug-likeness (QED) is 0.781. The second-order valence-electron chi connectivity index (χ2n) is 6.46. The van der Waals surface area contributed by atoms with Crippen molar-refractivity contribution >= 4 is 22.7 Å². The fourth-order valence-corrected chi connectivity index (χ4v) is 3.33. The second kappa shape index (κ2) is 7.47. The average Bonchev–Trinajstić information content (AvgIpc) is 2.96. The van der Waals surface area contributed by atoms with Crippen molar-refractivity contribution in [1.82, 2.24) is 15.0 Å². The molecule has 0 unspecified atom stereocenters. The summed E-state index contributed by atoms with van der Waals surface area (Å²) in [6.07, 6.45) is 6.89. The van der Waals surface area contributed by atoms with Crippen LogP contribution in [0.4, 0.5) is 11.8 Å². The van der Waals surface area contributed by atoms with Crippen molar-refractivity contribution in [3.63, 3.8) is 0 Å². The van der Waals surface area contributed by atoms with E-state index in [2.05, 4.69) is 33.4 Å². The monoisotopic (exact) mass is 333 g/mol. The van der Waals surface area contributed by atoms with Gasteiger partial charge >= 0.3 is 0 Å². The zero-order chi connectivity index (χ0) is 16.9. The predicted molar refractivity (Wildman–Crippen MR) is 102 cm³/mol. The molecule has 1 aliphatic heterocycles. The number of fused-ring (bicyclic) bond motifs is 1. The van der Waals surface area contributed by atoms with Gasteiger partial charge in [-0.25, -0.2) is 4.98 Å². The van der Waals surface area contributed by atoms with E-state index in [1.165, 1.54) is 25.7 Å². The number of pyridine rings is 1. The summed E-state index contributed by atoms with van der Waals surface area (Å²) in [6.45, 7) is 2.76. The normalized spacial score (nSPS) is 15.1. The van der Waals surface area contributed by atoms with Crippen LogP contribution in [0.1, 0.15) is 31.4 Å². The Hall–Kier alpha value is -2.69. The molecule has 1 aliphatic rings. The van der Waals surface area contributed by atoms with Crippen LogP contribution in [0, 0.1) is 0 Å². The van der Waals surface area contributed by atoms with Crippen LogP contribution in [0.2, 0.25) is 0 Å². The van der Waals surface area contributed by atoms with Gasteiger partial charge in [0.1, 0.15) is 5.82 Å². The zero-order valence-electron chi connectivity index (χ0n) is 14.4. The van der Waals surface area contributed by atoms with E-state index in [0.717, 1.165) is 35.5 Å². The molecule has 2 aromatic heterocycles. The third kappa shape index (κ3) is 3.71. The maximum Gasteiger partial charge on any atom is 0.225 e. The SMILES string of the molecule is c1ccc(CNc2nc(N3CCCCCC3)c3ccccc3n2)nc1. The van der Waals surface area contributed by atoms with Crippen LogP contribution in [0.25, 0.3) is 10.9 Å². The molecule has 1 saturated heterocycles. The number of anilines is 2. The van der Waals surface area contributed by atoms with Crippen molar-refractivity contribution in [1.29, 1.82) is 0 Å². The first-order valence-corrected chi connectivity index (χ1v) is 9.06. The Kier molecular flexibility index (Phi) is 4.72. The predicted octanol–water partition coefficient (Wildman–Crippen LogP) is 4.02. The maximum atomic E-state index is 4.86. The minimum absolute atomic E-state index is 0.624. The van der Waals surface area contributed by atoms with Gasteiger partial charge in [0.2, 0.25) is 5.95 Å². The molecule has 5 heteroatoms. The van der Waals surface area contributed by atoms with Crippen molar-refractivity contribution in [3.8, 4) is 0 Å². The van der Waals surface area contributed by atoms with Crippen LogP contribution in [-0.4, -0.2) is 28.0 Å². The highest BCUT2D eigenvalue weighted by atomic mass is 15.2. The topological polar surface area (TPSA) is 53.9 Å². The minimum Gasteiger partial charge on any atom is -0.356 e. The largest absolute Gasteiger partial charge is 0.356 e. The number of para-hydroxylation sites is 1. The Morgan fingerprint density at radius 3 is 2.48 bits per heavy atom. The third-order valence-electron chi connectivity index (χ3n) is 4.64. The molecule has 5 nitrogen and oxygen atoms in total. The van der Waals surface area contributed by atoms with Crippen molar-refractivity contribution in [2.75, 3.05) is 23.3 Å². The zero-order valence-corrected chi connectivity index (χ0v) is 14.4. The van der Waals surface area contributed by atoms with E-state index in [9.17, 15) is 0 Å². The molecule has 0 spiro atoms. The Labute approximate surface area is 148 Å². The molecule has 0 aliphatic carbocycles. The van der Waals surface area contributed by atoms with Gasteiger partial charge in [-0.3, -0.25) is 4.98 Å². The van der Waals surface area contributed by atoms with Gasteiger partial charge in [0.05, 0.1) is 17.8 Å². The third-order valence-corrected chi connectivity index (χ3v) is 4.64. The number of benzene rings is 1. The van der Waals surface area contributed by atoms with Crippen molar-refractivity contribution in [2.45, 2.75) is 32.2 Å². The number of nitrogens with one attached hydrogen (secondary N) is 1. The second-order valence-corrected chi connectivity index (χ2v) is 6.46. The van der Waals surface area contributed by atoms with E-state index in [1.807, 2.05) is 24.3 Å². The lowest BCUT2D eigenvalue weighted by molar-refractivity contribution is 0.726. The van der Waals surface area contributed by atoms with Crippen LogP contribution >= 0.6 is 0 Å². The molecule has 4 rings (SSSR count). The smallest absolute Gasteiger partial charge is 0.225 e. The van der Waals surface area contributed by atoms with Gasteiger partial charge in [0.15, 0.2) is 0 Å². The van der Waals surface area contributed by atoms with E-state index in [4.69, 9.17) is 9.97 Å². The number of hydrogen-bond acceptors (Lipinski definition) is 5. The number of nitrogens with zero attached hydrogens (tertiary/aromatic N) is 4. The molecule has 3 aromatic rings. The molecule has 0 bridgehead atoms. The molecular formula is C20H23N5. The fraction of sp³-hybridized carbons (Fsp3) is 0.350. The molecular weight excluding hydrogens is 310 g/mol. The van der Waals surface area contributed by atoms with Crippen LogP contribution in [0.3, 0.4) is 0 Å². The number of aromatic nitrogens is 3. The van der Waals surface area contributed by atoms with E-state index in [-0.39, 0.29) is 0 Å². The van der Waals surface area contributed by atoms with Crippen LogP contribution in [-0.2, 0) is 6.54 Å². The van der Waals surface area contributed by atoms with Gasteiger partial charge in [-0.15, -0.1) is 0 Å². The lowest BCUT2D eigenvalue weighted by Gasteiger charge is -2.23. The highest BCUT2D eigenvalue weighted by Gasteiger charge is 2.16. The number of rotatable bonds is 4. The van der Waals surface area contributed by atoms with Crippen molar-refractivity contribution in [3.05, 3.63) is 54.4 Å². The molecule has 1 aromatic carbocycles. The van der Waals surface area contributed by atoms with Gasteiger partial charge in [-0.1, -0.05) is 31.0 Å². The van der Waals surface area contributed by atoms with E-state index < -0.39 is 0 Å². The molecule has 0 radical (unpaired) electrons. The maximum absolute atomic E-state index is 4.86. The Balaban J connectivity index is 1.65. The average molecular weight is 333 g/mol. The lowest BCUT2D eigenvalue weighted by Crippen LogP contribution is -2.25. The van der Waals surface area contributed by atoms with Crippen molar-refractivity contribution in [2.24, 2.45) is 0 Å². The Morgan fingerprint density at radius 1 is 0.880 bits per heavy atom. The van der Waals surface area contributed by atoms with Gasteiger partial charge in [-0.05, 0) is 37.1 Å². The highest BCUT2D eigenvalue weighted by Crippen LogP contribution is 2.27. The Morgan fingerprint density at radius 2 is 1.68 bits per heavy atom. The summed E-state index contributed by atoms with van der Waals surface area (Å²) in [5, 5.41) is 4.47. The van der Waals surface area contributed by atoms with E-state index in [0.29, 0.717) is 12.5 Å². The molecule has 3 heterocycles. The summed E-state index contributed by atoms with van der Waals surface area (Å²) >= 11 is 0. The van der Waals surface area contributed by atoms with Gasteiger partial charge in [-0.2, -0.15) is 4.98 Å². The molecule has 0 atom stereocenters. The van der Waals surface area contributed by atoms with Gasteiger partial charge in [0.25, 0.3) is 0 Å². The van der Waals surface area contributed by atoms with E-state index in [1.54, 1.807) is 6.20 Å². The molecule has 1 N–H and O–H groups in total. The molecule has 1 fully saturated rings. The summed E-state index contributed by atoms with van der Waals surface area (Å²) in [7, 11) is 0. The van der Waals surface area contributed by atoms with E-state index >= 15 is 0 Å². The molecule has 0 amide bonds. The van der Waals surface area contributed by atoms with Gasteiger partial charge in [0, 0.05) is 24.7 Å². The minimum atomic E-state index is 0.624. The first-order chi connectivity index (χ1) is 12.4. The summed E-state index contributed by atoms with van der Waals surface area (Å²) in [5.41, 5.74) is 1.97. The number of hydrogen-bond donors (Lipinski definition) is 1.